The van der Waals surface area contributed by atoms with Crippen LogP contribution in [0.3, 0.4) is 0 Å². The predicted molar refractivity (Wildman–Crippen MR) is 43.4 cm³/mol. The summed E-state index contributed by atoms with van der Waals surface area (Å²) in [5.74, 6) is -0.760. The second kappa shape index (κ2) is 1.86. The monoisotopic (exact) mass is 178 g/mol. The van der Waals surface area contributed by atoms with Crippen molar-refractivity contribution in [2.45, 2.75) is 13.3 Å². The normalized spacial score (nSPS) is 51.3. The Morgan fingerprint density at radius 2 is 2.23 bits per heavy atom. The number of ether oxygens (including phenoxy) is 1. The van der Waals surface area contributed by atoms with Gasteiger partial charge in [0.2, 0.25) is 0 Å². The first-order chi connectivity index (χ1) is 6.12. The lowest BCUT2D eigenvalue weighted by Crippen LogP contribution is -2.28. The molecule has 3 aliphatic rings. The van der Waals surface area contributed by atoms with Gasteiger partial charge >= 0.3 is 11.9 Å². The Bertz CT molecular complexity index is 344. The van der Waals surface area contributed by atoms with E-state index in [1.54, 1.807) is 0 Å². The first-order valence-electron chi connectivity index (χ1n) is 4.57. The lowest BCUT2D eigenvalue weighted by molar-refractivity contribution is -0.155. The summed E-state index contributed by atoms with van der Waals surface area (Å²) in [7, 11) is 0. The maximum Gasteiger partial charge on any atom is 0.318 e. The molecule has 13 heavy (non-hydrogen) atoms. The number of hydrogen-bond acceptors (Lipinski definition) is 3. The largest absolute Gasteiger partial charge is 0.393 e. The molecule has 68 valence electrons. The Labute approximate surface area is 75.8 Å². The van der Waals surface area contributed by atoms with Crippen molar-refractivity contribution < 1.29 is 14.3 Å². The molecule has 0 aromatic heterocycles. The predicted octanol–water partition coefficient (Wildman–Crippen LogP) is 0.898. The van der Waals surface area contributed by atoms with Crippen LogP contribution in [0.5, 0.6) is 0 Å². The summed E-state index contributed by atoms with van der Waals surface area (Å²) in [6, 6.07) is 0. The zero-order valence-corrected chi connectivity index (χ0v) is 7.32. The number of hydrogen-bond donors (Lipinski definition) is 0. The molecule has 3 nitrogen and oxygen atoms in total. The van der Waals surface area contributed by atoms with E-state index in [1.807, 2.05) is 6.92 Å². The molecule has 2 fully saturated rings. The Kier molecular flexibility index (Phi) is 1.05. The van der Waals surface area contributed by atoms with Gasteiger partial charge in [0.25, 0.3) is 0 Å². The maximum absolute atomic E-state index is 11.4. The fraction of sp³-hybridized carbons (Fsp3) is 0.600. The number of carbonyl (C=O) groups excluding carboxylic acids is 2. The lowest BCUT2D eigenvalue weighted by atomic mass is 9.76. The molecule has 1 heterocycles. The SMILES string of the molecule is C[C@@]12C=C[C@@H](C1)[C@@H]1C(=O)OC(=O)[C@@H]12. The highest BCUT2D eigenvalue weighted by atomic mass is 16.6. The van der Waals surface area contributed by atoms with Gasteiger partial charge in [0.05, 0.1) is 11.8 Å². The van der Waals surface area contributed by atoms with Crippen LogP contribution in [-0.2, 0) is 14.3 Å². The summed E-state index contributed by atoms with van der Waals surface area (Å²) in [5, 5.41) is 0. The second-order valence-electron chi connectivity index (χ2n) is 4.48. The molecule has 0 unspecified atom stereocenters. The molecule has 1 saturated carbocycles. The number of fused-ring (bicyclic) bond motifs is 5. The minimum atomic E-state index is -0.315. The van der Waals surface area contributed by atoms with Crippen LogP contribution in [0.4, 0.5) is 0 Å². The molecule has 2 bridgehead atoms. The van der Waals surface area contributed by atoms with Crippen LogP contribution in [-0.4, -0.2) is 11.9 Å². The van der Waals surface area contributed by atoms with Crippen molar-refractivity contribution in [3.05, 3.63) is 12.2 Å². The first kappa shape index (κ1) is 7.30. The van der Waals surface area contributed by atoms with Crippen molar-refractivity contribution in [1.82, 2.24) is 0 Å². The third kappa shape index (κ3) is 0.666. The fourth-order valence-corrected chi connectivity index (χ4v) is 3.08. The highest BCUT2D eigenvalue weighted by molar-refractivity contribution is 5.98. The van der Waals surface area contributed by atoms with Gasteiger partial charge in [-0.15, -0.1) is 0 Å². The van der Waals surface area contributed by atoms with Crippen LogP contribution < -0.4 is 0 Å². The van der Waals surface area contributed by atoms with E-state index >= 15 is 0 Å². The molecule has 0 amide bonds. The number of cyclic esters (lactones) is 2. The highest BCUT2D eigenvalue weighted by Crippen LogP contribution is 2.59. The van der Waals surface area contributed by atoms with E-state index in [0.29, 0.717) is 0 Å². The van der Waals surface area contributed by atoms with Crippen LogP contribution in [0.1, 0.15) is 13.3 Å². The van der Waals surface area contributed by atoms with Crippen molar-refractivity contribution >= 4 is 11.9 Å². The van der Waals surface area contributed by atoms with Gasteiger partial charge in [-0.25, -0.2) is 0 Å². The van der Waals surface area contributed by atoms with Gasteiger partial charge in [-0.3, -0.25) is 9.59 Å². The summed E-state index contributed by atoms with van der Waals surface area (Å²) in [5.41, 5.74) is -0.113. The van der Waals surface area contributed by atoms with Gasteiger partial charge in [-0.2, -0.15) is 0 Å². The smallest absolute Gasteiger partial charge is 0.318 e. The molecule has 3 rings (SSSR count). The summed E-state index contributed by atoms with van der Waals surface area (Å²) in [6.45, 7) is 2.04. The summed E-state index contributed by atoms with van der Waals surface area (Å²) >= 11 is 0. The van der Waals surface area contributed by atoms with E-state index in [4.69, 9.17) is 0 Å². The molecule has 0 N–H and O–H groups in total. The van der Waals surface area contributed by atoms with Crippen LogP contribution in [0.15, 0.2) is 12.2 Å². The van der Waals surface area contributed by atoms with Crippen LogP contribution in [0, 0.1) is 23.2 Å². The minimum Gasteiger partial charge on any atom is -0.393 e. The standard InChI is InChI=1S/C10H10O3/c1-10-3-2-5(4-10)6-7(10)9(12)13-8(6)11/h2-3,5-7H,4H2,1H3/t5-,6-,7+,10+/m0/s1. The summed E-state index contributed by atoms with van der Waals surface area (Å²) < 4.78 is 4.66. The molecule has 2 aliphatic carbocycles. The van der Waals surface area contributed by atoms with Gasteiger partial charge in [-0.05, 0) is 12.3 Å². The molecule has 3 heteroatoms. The van der Waals surface area contributed by atoms with E-state index in [-0.39, 0.29) is 35.1 Å². The van der Waals surface area contributed by atoms with Crippen LogP contribution >= 0.6 is 0 Å². The number of carbonyl (C=O) groups is 2. The van der Waals surface area contributed by atoms with Gasteiger partial charge in [0, 0.05) is 5.41 Å². The number of esters is 2. The average molecular weight is 178 g/mol. The van der Waals surface area contributed by atoms with Crippen molar-refractivity contribution in [1.29, 1.82) is 0 Å². The third-order valence-electron chi connectivity index (χ3n) is 3.66. The Hall–Kier alpha value is -1.12. The van der Waals surface area contributed by atoms with Crippen LogP contribution in [0.2, 0.25) is 0 Å². The summed E-state index contributed by atoms with van der Waals surface area (Å²) in [4.78, 5) is 22.7. The molecule has 0 aromatic carbocycles. The van der Waals surface area contributed by atoms with Crippen molar-refractivity contribution in [2.75, 3.05) is 0 Å². The summed E-state index contributed by atoms with van der Waals surface area (Å²) in [6.07, 6.45) is 5.06. The Morgan fingerprint density at radius 1 is 1.46 bits per heavy atom. The molecule has 1 saturated heterocycles. The molecule has 1 aliphatic heterocycles. The molecular formula is C10H10O3. The van der Waals surface area contributed by atoms with Gasteiger partial charge in [0.15, 0.2) is 0 Å². The molecule has 0 spiro atoms. The maximum atomic E-state index is 11.4. The zero-order chi connectivity index (χ0) is 9.22. The molecule has 4 atom stereocenters. The van der Waals surface area contributed by atoms with E-state index in [2.05, 4.69) is 16.9 Å². The second-order valence-corrected chi connectivity index (χ2v) is 4.48. The van der Waals surface area contributed by atoms with Crippen molar-refractivity contribution in [3.63, 3.8) is 0 Å². The van der Waals surface area contributed by atoms with E-state index in [9.17, 15) is 9.59 Å². The third-order valence-corrected chi connectivity index (χ3v) is 3.66. The van der Waals surface area contributed by atoms with Crippen molar-refractivity contribution in [2.24, 2.45) is 23.2 Å². The van der Waals surface area contributed by atoms with Gasteiger partial charge < -0.3 is 4.74 Å². The highest BCUT2D eigenvalue weighted by Gasteiger charge is 2.63. The van der Waals surface area contributed by atoms with E-state index < -0.39 is 0 Å². The van der Waals surface area contributed by atoms with E-state index in [0.717, 1.165) is 6.42 Å². The topological polar surface area (TPSA) is 43.4 Å². The quantitative estimate of drug-likeness (QED) is 0.314. The number of allylic oxidation sites excluding steroid dienone is 2. The van der Waals surface area contributed by atoms with E-state index in [1.165, 1.54) is 0 Å². The average Bonchev–Trinajstić information content (AvgIpc) is 2.62. The first-order valence-corrected chi connectivity index (χ1v) is 4.57. The van der Waals surface area contributed by atoms with Gasteiger partial charge in [0.1, 0.15) is 0 Å². The van der Waals surface area contributed by atoms with Crippen molar-refractivity contribution in [3.8, 4) is 0 Å². The van der Waals surface area contributed by atoms with Crippen LogP contribution in [0.25, 0.3) is 0 Å². The zero-order valence-electron chi connectivity index (χ0n) is 7.32. The minimum absolute atomic E-state index is 0.113. The van der Waals surface area contributed by atoms with Gasteiger partial charge in [-0.1, -0.05) is 19.1 Å². The Balaban J connectivity index is 2.13. The molecular weight excluding hydrogens is 168 g/mol. The Morgan fingerprint density at radius 3 is 2.92 bits per heavy atom. The lowest BCUT2D eigenvalue weighted by Gasteiger charge is -2.23. The molecule has 0 aromatic rings. The molecule has 0 radical (unpaired) electrons. The number of rotatable bonds is 0. The fourth-order valence-electron chi connectivity index (χ4n) is 3.08.